The minimum absolute atomic E-state index is 0.000225. The standard InChI is InChI=1S/C18H20FN5O2/c19-11-5-6-14-12(8-11)13(9-17(25)21-14)18(26)20-10-16-23-22-15-4-2-1-3-7-24(15)16/h5-6,8,13H,1-4,7,9-10H2,(H,20,26)(H,21,25). The number of nitrogens with zero attached hydrogens (tertiary/aromatic N) is 3. The highest BCUT2D eigenvalue weighted by atomic mass is 19.1. The Balaban J connectivity index is 1.50. The van der Waals surface area contributed by atoms with E-state index in [1.807, 2.05) is 0 Å². The summed E-state index contributed by atoms with van der Waals surface area (Å²) in [5, 5.41) is 13.9. The van der Waals surface area contributed by atoms with Gasteiger partial charge in [0.25, 0.3) is 0 Å². The molecule has 0 bridgehead atoms. The predicted octanol–water partition coefficient (Wildman–Crippen LogP) is 1.89. The molecule has 136 valence electrons. The monoisotopic (exact) mass is 357 g/mol. The molecule has 4 rings (SSSR count). The lowest BCUT2D eigenvalue weighted by molar-refractivity contribution is -0.126. The Labute approximate surface area is 150 Å². The fourth-order valence-corrected chi connectivity index (χ4v) is 3.63. The van der Waals surface area contributed by atoms with Gasteiger partial charge in [-0.2, -0.15) is 0 Å². The molecule has 2 aliphatic heterocycles. The van der Waals surface area contributed by atoms with Gasteiger partial charge in [-0.15, -0.1) is 10.2 Å². The van der Waals surface area contributed by atoms with E-state index in [0.29, 0.717) is 11.3 Å². The number of aromatic nitrogens is 3. The fourth-order valence-electron chi connectivity index (χ4n) is 3.63. The van der Waals surface area contributed by atoms with Crippen LogP contribution in [0.3, 0.4) is 0 Å². The zero-order chi connectivity index (χ0) is 18.1. The number of benzene rings is 1. The first-order chi connectivity index (χ1) is 12.6. The molecule has 0 saturated heterocycles. The molecule has 0 fully saturated rings. The van der Waals surface area contributed by atoms with Crippen LogP contribution in [0.1, 0.15) is 48.8 Å². The molecule has 1 unspecified atom stereocenters. The summed E-state index contributed by atoms with van der Waals surface area (Å²) < 4.78 is 15.7. The van der Waals surface area contributed by atoms with Crippen LogP contribution in [0.5, 0.6) is 0 Å². The summed E-state index contributed by atoms with van der Waals surface area (Å²) in [6, 6.07) is 4.06. The lowest BCUT2D eigenvalue weighted by Crippen LogP contribution is -2.35. The van der Waals surface area contributed by atoms with Crippen molar-refractivity contribution in [1.82, 2.24) is 20.1 Å². The first-order valence-electron chi connectivity index (χ1n) is 8.90. The van der Waals surface area contributed by atoms with Gasteiger partial charge in [0.15, 0.2) is 5.82 Å². The van der Waals surface area contributed by atoms with Crippen LogP contribution in [0.4, 0.5) is 10.1 Å². The van der Waals surface area contributed by atoms with Crippen LogP contribution in [0, 0.1) is 5.82 Å². The van der Waals surface area contributed by atoms with Crippen LogP contribution in [-0.2, 0) is 29.1 Å². The van der Waals surface area contributed by atoms with Gasteiger partial charge in [-0.05, 0) is 36.6 Å². The maximum absolute atomic E-state index is 13.6. The summed E-state index contributed by atoms with van der Waals surface area (Å²) in [5.74, 6) is -0.0223. The fraction of sp³-hybridized carbons (Fsp3) is 0.444. The summed E-state index contributed by atoms with van der Waals surface area (Å²) in [6.07, 6.45) is 4.23. The number of amides is 2. The van der Waals surface area contributed by atoms with Crippen LogP contribution >= 0.6 is 0 Å². The summed E-state index contributed by atoms with van der Waals surface area (Å²) in [7, 11) is 0. The minimum Gasteiger partial charge on any atom is -0.348 e. The molecule has 0 radical (unpaired) electrons. The lowest BCUT2D eigenvalue weighted by Gasteiger charge is -2.24. The summed E-state index contributed by atoms with van der Waals surface area (Å²) in [5.41, 5.74) is 0.987. The Hall–Kier alpha value is -2.77. The third kappa shape index (κ3) is 3.18. The third-order valence-corrected chi connectivity index (χ3v) is 4.98. The molecule has 2 aromatic rings. The van der Waals surface area contributed by atoms with Crippen LogP contribution in [0.25, 0.3) is 0 Å². The molecule has 1 aromatic heterocycles. The Morgan fingerprint density at radius 1 is 1.31 bits per heavy atom. The number of rotatable bonds is 3. The van der Waals surface area contributed by atoms with Crippen molar-refractivity contribution in [2.75, 3.05) is 5.32 Å². The van der Waals surface area contributed by atoms with Crippen molar-refractivity contribution in [2.45, 2.75) is 51.1 Å². The van der Waals surface area contributed by atoms with Crippen LogP contribution in [0.15, 0.2) is 18.2 Å². The normalized spacial score (nSPS) is 19.1. The van der Waals surface area contributed by atoms with Crippen molar-refractivity contribution in [3.05, 3.63) is 41.2 Å². The van der Waals surface area contributed by atoms with E-state index in [9.17, 15) is 14.0 Å². The van der Waals surface area contributed by atoms with E-state index >= 15 is 0 Å². The molecule has 1 atom stereocenters. The Morgan fingerprint density at radius 3 is 3.08 bits per heavy atom. The maximum Gasteiger partial charge on any atom is 0.228 e. The number of halogens is 1. The van der Waals surface area contributed by atoms with Gasteiger partial charge in [0.1, 0.15) is 11.6 Å². The van der Waals surface area contributed by atoms with E-state index < -0.39 is 11.7 Å². The molecular formula is C18H20FN5O2. The van der Waals surface area contributed by atoms with Crippen LogP contribution in [-0.4, -0.2) is 26.6 Å². The van der Waals surface area contributed by atoms with Crippen molar-refractivity contribution in [3.63, 3.8) is 0 Å². The van der Waals surface area contributed by atoms with E-state index in [0.717, 1.165) is 43.9 Å². The van der Waals surface area contributed by atoms with Crippen molar-refractivity contribution in [2.24, 2.45) is 0 Å². The summed E-state index contributed by atoms with van der Waals surface area (Å²) >= 11 is 0. The average molecular weight is 357 g/mol. The zero-order valence-corrected chi connectivity index (χ0v) is 14.3. The molecule has 26 heavy (non-hydrogen) atoms. The second-order valence-electron chi connectivity index (χ2n) is 6.75. The third-order valence-electron chi connectivity index (χ3n) is 4.98. The van der Waals surface area contributed by atoms with E-state index in [1.54, 1.807) is 0 Å². The molecule has 0 spiro atoms. The molecule has 2 aliphatic rings. The SMILES string of the molecule is O=C1CC(C(=O)NCc2nnc3n2CCCCC3)c2cc(F)ccc2N1. The second kappa shape index (κ2) is 6.86. The highest BCUT2D eigenvalue weighted by Gasteiger charge is 2.31. The Bertz CT molecular complexity index is 863. The van der Waals surface area contributed by atoms with E-state index in [2.05, 4.69) is 25.4 Å². The molecule has 1 aromatic carbocycles. The van der Waals surface area contributed by atoms with Crippen LogP contribution < -0.4 is 10.6 Å². The topological polar surface area (TPSA) is 88.9 Å². The van der Waals surface area contributed by atoms with E-state index in [1.165, 1.54) is 18.2 Å². The molecule has 2 amide bonds. The molecular weight excluding hydrogens is 337 g/mol. The zero-order valence-electron chi connectivity index (χ0n) is 14.3. The predicted molar refractivity (Wildman–Crippen MR) is 91.8 cm³/mol. The highest BCUT2D eigenvalue weighted by Crippen LogP contribution is 2.33. The molecule has 7 nitrogen and oxygen atoms in total. The number of aryl methyl sites for hydroxylation is 1. The second-order valence-corrected chi connectivity index (χ2v) is 6.75. The van der Waals surface area contributed by atoms with Gasteiger partial charge in [0, 0.05) is 25.1 Å². The quantitative estimate of drug-likeness (QED) is 0.878. The number of carbonyl (C=O) groups excluding carboxylic acids is 2. The van der Waals surface area contributed by atoms with Crippen molar-refractivity contribution in [3.8, 4) is 0 Å². The van der Waals surface area contributed by atoms with Gasteiger partial charge in [-0.25, -0.2) is 4.39 Å². The number of anilines is 1. The van der Waals surface area contributed by atoms with Crippen LogP contribution in [0.2, 0.25) is 0 Å². The van der Waals surface area contributed by atoms with E-state index in [4.69, 9.17) is 0 Å². The number of hydrogen-bond donors (Lipinski definition) is 2. The first-order valence-corrected chi connectivity index (χ1v) is 8.90. The minimum atomic E-state index is -0.707. The van der Waals surface area contributed by atoms with Crippen molar-refractivity contribution < 1.29 is 14.0 Å². The molecule has 8 heteroatoms. The molecule has 0 aliphatic carbocycles. The Kier molecular flexibility index (Phi) is 4.40. The smallest absolute Gasteiger partial charge is 0.228 e. The largest absolute Gasteiger partial charge is 0.348 e. The first kappa shape index (κ1) is 16.7. The summed E-state index contributed by atoms with van der Waals surface area (Å²) in [6.45, 7) is 1.10. The molecule has 2 N–H and O–H groups in total. The van der Waals surface area contributed by atoms with Gasteiger partial charge in [-0.1, -0.05) is 6.42 Å². The van der Waals surface area contributed by atoms with Crippen molar-refractivity contribution in [1.29, 1.82) is 0 Å². The maximum atomic E-state index is 13.6. The van der Waals surface area contributed by atoms with E-state index in [-0.39, 0.29) is 24.8 Å². The average Bonchev–Trinajstić information content (AvgIpc) is 2.85. The van der Waals surface area contributed by atoms with Gasteiger partial charge in [-0.3, -0.25) is 9.59 Å². The number of carbonyl (C=O) groups is 2. The molecule has 0 saturated carbocycles. The van der Waals surface area contributed by atoms with Gasteiger partial charge in [0.2, 0.25) is 11.8 Å². The van der Waals surface area contributed by atoms with Crippen molar-refractivity contribution >= 4 is 17.5 Å². The van der Waals surface area contributed by atoms with Gasteiger partial charge in [0.05, 0.1) is 12.5 Å². The summed E-state index contributed by atoms with van der Waals surface area (Å²) in [4.78, 5) is 24.6. The molecule has 3 heterocycles. The lowest BCUT2D eigenvalue weighted by atomic mass is 9.89. The number of fused-ring (bicyclic) bond motifs is 2. The number of hydrogen-bond acceptors (Lipinski definition) is 4. The highest BCUT2D eigenvalue weighted by molar-refractivity contribution is 6.01. The van der Waals surface area contributed by atoms with Gasteiger partial charge >= 0.3 is 0 Å². The van der Waals surface area contributed by atoms with Gasteiger partial charge < -0.3 is 15.2 Å². The number of nitrogens with one attached hydrogen (secondary N) is 2. The Morgan fingerprint density at radius 2 is 2.19 bits per heavy atom.